The maximum absolute atomic E-state index is 11.9. The summed E-state index contributed by atoms with van der Waals surface area (Å²) in [6.45, 7) is 3.28. The van der Waals surface area contributed by atoms with Gasteiger partial charge in [-0.3, -0.25) is 0 Å². The molecule has 1 aliphatic rings. The first-order chi connectivity index (χ1) is 8.63. The van der Waals surface area contributed by atoms with Crippen LogP contribution in [0.5, 0.6) is 0 Å². The molecule has 2 N–H and O–H groups in total. The minimum Gasteiger partial charge on any atom is -0.383 e. The quantitative estimate of drug-likeness (QED) is 0.738. The molecule has 0 bridgehead atoms. The number of hydrogen-bond donors (Lipinski definition) is 2. The van der Waals surface area contributed by atoms with Gasteiger partial charge in [0.05, 0.1) is 16.3 Å². The summed E-state index contributed by atoms with van der Waals surface area (Å²) in [7, 11) is -3.15. The SMILES string of the molecule is CCS(=O)(=O)c1ccccc1NCCNC1CC1. The van der Waals surface area contributed by atoms with E-state index in [1.54, 1.807) is 19.1 Å². The zero-order valence-corrected chi connectivity index (χ0v) is 11.5. The first-order valence-corrected chi connectivity index (χ1v) is 8.08. The fraction of sp³-hybridized carbons (Fsp3) is 0.538. The number of anilines is 1. The predicted octanol–water partition coefficient (Wildman–Crippen LogP) is 1.64. The van der Waals surface area contributed by atoms with Crippen molar-refractivity contribution in [1.82, 2.24) is 5.32 Å². The molecule has 0 radical (unpaired) electrons. The molecule has 0 aromatic heterocycles. The monoisotopic (exact) mass is 268 g/mol. The number of nitrogens with one attached hydrogen (secondary N) is 2. The summed E-state index contributed by atoms with van der Waals surface area (Å²) in [5.74, 6) is 0.131. The van der Waals surface area contributed by atoms with Crippen LogP contribution in [0.1, 0.15) is 19.8 Å². The molecule has 5 heteroatoms. The summed E-state index contributed by atoms with van der Waals surface area (Å²) in [5, 5.41) is 6.58. The number of rotatable bonds is 7. The number of benzene rings is 1. The standard InChI is InChI=1S/C13H20N2O2S/c1-2-18(16,17)13-6-4-3-5-12(13)15-10-9-14-11-7-8-11/h3-6,11,14-15H,2,7-10H2,1H3. The molecule has 0 amide bonds. The van der Waals surface area contributed by atoms with Gasteiger partial charge in [-0.05, 0) is 25.0 Å². The summed E-state index contributed by atoms with van der Waals surface area (Å²) in [6.07, 6.45) is 2.53. The molecular formula is C13H20N2O2S. The van der Waals surface area contributed by atoms with Crippen molar-refractivity contribution in [2.45, 2.75) is 30.7 Å². The van der Waals surface area contributed by atoms with Gasteiger partial charge < -0.3 is 10.6 Å². The lowest BCUT2D eigenvalue weighted by atomic mass is 10.3. The summed E-state index contributed by atoms with van der Waals surface area (Å²) >= 11 is 0. The summed E-state index contributed by atoms with van der Waals surface area (Å²) in [6, 6.07) is 7.78. The van der Waals surface area contributed by atoms with Crippen molar-refractivity contribution in [3.05, 3.63) is 24.3 Å². The van der Waals surface area contributed by atoms with E-state index in [1.165, 1.54) is 12.8 Å². The first-order valence-electron chi connectivity index (χ1n) is 6.42. The molecule has 1 aromatic rings. The Morgan fingerprint density at radius 1 is 1.22 bits per heavy atom. The van der Waals surface area contributed by atoms with Gasteiger partial charge in [0.25, 0.3) is 0 Å². The van der Waals surface area contributed by atoms with E-state index in [0.29, 0.717) is 16.6 Å². The van der Waals surface area contributed by atoms with Gasteiger partial charge in [-0.15, -0.1) is 0 Å². The molecular weight excluding hydrogens is 248 g/mol. The zero-order chi connectivity index (χ0) is 13.0. The Morgan fingerprint density at radius 3 is 2.61 bits per heavy atom. The summed E-state index contributed by atoms with van der Waals surface area (Å²) in [5.41, 5.74) is 0.706. The molecule has 1 saturated carbocycles. The summed E-state index contributed by atoms with van der Waals surface area (Å²) < 4.78 is 23.8. The molecule has 0 atom stereocenters. The molecule has 100 valence electrons. The minimum atomic E-state index is -3.15. The molecule has 18 heavy (non-hydrogen) atoms. The molecule has 2 rings (SSSR count). The second-order valence-corrected chi connectivity index (χ2v) is 6.80. The highest BCUT2D eigenvalue weighted by Crippen LogP contribution is 2.22. The van der Waals surface area contributed by atoms with Gasteiger partial charge in [-0.2, -0.15) is 0 Å². The molecule has 0 unspecified atom stereocenters. The van der Waals surface area contributed by atoms with E-state index < -0.39 is 9.84 Å². The Hall–Kier alpha value is -1.07. The van der Waals surface area contributed by atoms with Crippen LogP contribution >= 0.6 is 0 Å². The van der Waals surface area contributed by atoms with E-state index in [1.807, 2.05) is 12.1 Å². The van der Waals surface area contributed by atoms with Gasteiger partial charge in [-0.1, -0.05) is 19.1 Å². The molecule has 1 aromatic carbocycles. The van der Waals surface area contributed by atoms with Crippen molar-refractivity contribution >= 4 is 15.5 Å². The van der Waals surface area contributed by atoms with E-state index in [4.69, 9.17) is 0 Å². The Balaban J connectivity index is 1.98. The maximum atomic E-state index is 11.9. The van der Waals surface area contributed by atoms with Crippen LogP contribution in [-0.4, -0.2) is 33.3 Å². The van der Waals surface area contributed by atoms with Crippen LogP contribution in [0.4, 0.5) is 5.69 Å². The molecule has 0 heterocycles. The first kappa shape index (κ1) is 13.4. The van der Waals surface area contributed by atoms with Crippen molar-refractivity contribution in [2.24, 2.45) is 0 Å². The highest BCUT2D eigenvalue weighted by atomic mass is 32.2. The fourth-order valence-electron chi connectivity index (χ4n) is 1.80. The van der Waals surface area contributed by atoms with Crippen LogP contribution < -0.4 is 10.6 Å². The number of para-hydroxylation sites is 1. The highest BCUT2D eigenvalue weighted by molar-refractivity contribution is 7.91. The highest BCUT2D eigenvalue weighted by Gasteiger charge is 2.20. The molecule has 0 saturated heterocycles. The normalized spacial score (nSPS) is 15.6. The Morgan fingerprint density at radius 2 is 1.94 bits per heavy atom. The van der Waals surface area contributed by atoms with E-state index in [2.05, 4.69) is 10.6 Å². The van der Waals surface area contributed by atoms with Gasteiger partial charge in [-0.25, -0.2) is 8.42 Å². The van der Waals surface area contributed by atoms with Crippen LogP contribution in [0.25, 0.3) is 0 Å². The second kappa shape index (κ2) is 5.71. The van der Waals surface area contributed by atoms with Crippen molar-refractivity contribution in [3.8, 4) is 0 Å². The second-order valence-electron chi connectivity index (χ2n) is 4.55. The van der Waals surface area contributed by atoms with Crippen molar-refractivity contribution in [2.75, 3.05) is 24.2 Å². The molecule has 4 nitrogen and oxygen atoms in total. The van der Waals surface area contributed by atoms with Crippen molar-refractivity contribution in [3.63, 3.8) is 0 Å². The lowest BCUT2D eigenvalue weighted by Gasteiger charge is -2.12. The lowest BCUT2D eigenvalue weighted by Crippen LogP contribution is -2.24. The Labute approximate surface area is 109 Å². The van der Waals surface area contributed by atoms with Crippen molar-refractivity contribution in [1.29, 1.82) is 0 Å². The third-order valence-electron chi connectivity index (χ3n) is 3.05. The van der Waals surface area contributed by atoms with E-state index in [-0.39, 0.29) is 5.75 Å². The molecule has 0 aliphatic heterocycles. The maximum Gasteiger partial charge on any atom is 0.180 e. The topological polar surface area (TPSA) is 58.2 Å². The average Bonchev–Trinajstić information content (AvgIpc) is 3.19. The predicted molar refractivity (Wildman–Crippen MR) is 73.7 cm³/mol. The minimum absolute atomic E-state index is 0.131. The van der Waals surface area contributed by atoms with E-state index >= 15 is 0 Å². The molecule has 0 spiro atoms. The lowest BCUT2D eigenvalue weighted by molar-refractivity contribution is 0.597. The summed E-state index contributed by atoms with van der Waals surface area (Å²) in [4.78, 5) is 0.402. The third-order valence-corrected chi connectivity index (χ3v) is 4.84. The van der Waals surface area contributed by atoms with E-state index in [0.717, 1.165) is 13.1 Å². The van der Waals surface area contributed by atoms with Gasteiger partial charge >= 0.3 is 0 Å². The van der Waals surface area contributed by atoms with Crippen molar-refractivity contribution < 1.29 is 8.42 Å². The van der Waals surface area contributed by atoms with Gasteiger partial charge in [0.2, 0.25) is 0 Å². The van der Waals surface area contributed by atoms with Crippen LogP contribution in [0.15, 0.2) is 29.2 Å². The Kier molecular flexibility index (Phi) is 4.24. The van der Waals surface area contributed by atoms with E-state index in [9.17, 15) is 8.42 Å². The largest absolute Gasteiger partial charge is 0.383 e. The van der Waals surface area contributed by atoms with Gasteiger partial charge in [0.15, 0.2) is 9.84 Å². The van der Waals surface area contributed by atoms with Gasteiger partial charge in [0, 0.05) is 19.1 Å². The number of sulfone groups is 1. The van der Waals surface area contributed by atoms with Crippen LogP contribution in [0.3, 0.4) is 0 Å². The smallest absolute Gasteiger partial charge is 0.180 e. The fourth-order valence-corrected chi connectivity index (χ4v) is 2.87. The third kappa shape index (κ3) is 3.46. The van der Waals surface area contributed by atoms with Crippen LogP contribution in [0, 0.1) is 0 Å². The van der Waals surface area contributed by atoms with Crippen LogP contribution in [-0.2, 0) is 9.84 Å². The van der Waals surface area contributed by atoms with Gasteiger partial charge in [0.1, 0.15) is 0 Å². The van der Waals surface area contributed by atoms with Crippen LogP contribution in [0.2, 0.25) is 0 Å². The number of hydrogen-bond acceptors (Lipinski definition) is 4. The molecule has 1 aliphatic carbocycles. The Bertz CT molecular complexity index is 495. The zero-order valence-electron chi connectivity index (χ0n) is 10.6. The average molecular weight is 268 g/mol. The molecule has 1 fully saturated rings.